The molecule has 7 heteroatoms. The molecule has 1 aromatic carbocycles. The number of hydrogen-bond donors (Lipinski definition) is 4. The highest BCUT2D eigenvalue weighted by atomic mass is 16.7. The summed E-state index contributed by atoms with van der Waals surface area (Å²) in [5, 5.41) is 37.7. The van der Waals surface area contributed by atoms with Gasteiger partial charge in [0.05, 0.1) is 0 Å². The van der Waals surface area contributed by atoms with Gasteiger partial charge in [-0.05, 0) is 12.1 Å². The normalized spacial score (nSPS) is 34.8. The van der Waals surface area contributed by atoms with Crippen LogP contribution >= 0.6 is 0 Å². The second-order valence-electron chi connectivity index (χ2n) is 4.17. The van der Waals surface area contributed by atoms with Gasteiger partial charge < -0.3 is 29.9 Å². The van der Waals surface area contributed by atoms with Crippen molar-refractivity contribution in [3.63, 3.8) is 0 Å². The molecule has 0 saturated carbocycles. The Morgan fingerprint density at radius 1 is 1.05 bits per heavy atom. The number of carboxylic acid groups (broad SMARTS) is 1. The molecule has 0 aliphatic carbocycles. The molecule has 0 aromatic heterocycles. The van der Waals surface area contributed by atoms with Crippen LogP contribution in [0.15, 0.2) is 30.3 Å². The van der Waals surface area contributed by atoms with Crippen molar-refractivity contribution in [3.05, 3.63) is 30.3 Å². The van der Waals surface area contributed by atoms with Crippen molar-refractivity contribution in [1.82, 2.24) is 0 Å². The molecule has 1 fully saturated rings. The standard InChI is InChI=1S/C12H14O7/c13-7-8(14)10(11(16)17)19-12(9(7)15)18-6-4-2-1-3-5-6/h1-5,7-10,12-15H,(H,16,17)/t7-,8-,9-,10?,12+/m1/s1. The zero-order chi connectivity index (χ0) is 14.0. The van der Waals surface area contributed by atoms with Gasteiger partial charge >= 0.3 is 5.97 Å². The van der Waals surface area contributed by atoms with Crippen molar-refractivity contribution in [2.45, 2.75) is 30.7 Å². The van der Waals surface area contributed by atoms with Gasteiger partial charge in [-0.1, -0.05) is 18.2 Å². The van der Waals surface area contributed by atoms with Gasteiger partial charge in [-0.2, -0.15) is 0 Å². The van der Waals surface area contributed by atoms with Crippen molar-refractivity contribution >= 4 is 5.97 Å². The van der Waals surface area contributed by atoms with Gasteiger partial charge in [-0.25, -0.2) is 4.79 Å². The summed E-state index contributed by atoms with van der Waals surface area (Å²) >= 11 is 0. The van der Waals surface area contributed by atoms with E-state index in [0.29, 0.717) is 5.75 Å². The zero-order valence-corrected chi connectivity index (χ0v) is 9.79. The number of aliphatic carboxylic acids is 1. The second kappa shape index (κ2) is 5.54. The van der Waals surface area contributed by atoms with Crippen LogP contribution in [0.1, 0.15) is 0 Å². The third kappa shape index (κ3) is 2.85. The smallest absolute Gasteiger partial charge is 0.335 e. The number of carboxylic acids is 1. The molecule has 0 amide bonds. The molecule has 1 aliphatic rings. The fourth-order valence-electron chi connectivity index (χ4n) is 1.78. The van der Waals surface area contributed by atoms with Gasteiger partial charge in [0.2, 0.25) is 6.29 Å². The lowest BCUT2D eigenvalue weighted by molar-refractivity contribution is -0.271. The van der Waals surface area contributed by atoms with Gasteiger partial charge in [0.25, 0.3) is 0 Å². The van der Waals surface area contributed by atoms with Crippen LogP contribution in [-0.4, -0.2) is 57.1 Å². The molecule has 19 heavy (non-hydrogen) atoms. The SMILES string of the molecule is O=C(O)C1O[C@H](Oc2ccccc2)[C@H](O)[C@H](O)[C@H]1O. The molecule has 104 valence electrons. The maximum atomic E-state index is 10.9. The van der Waals surface area contributed by atoms with Crippen molar-refractivity contribution in [2.75, 3.05) is 0 Å². The molecule has 1 heterocycles. The molecule has 1 unspecified atom stereocenters. The Morgan fingerprint density at radius 2 is 1.68 bits per heavy atom. The topological polar surface area (TPSA) is 116 Å². The molecule has 1 aromatic rings. The van der Waals surface area contributed by atoms with Gasteiger partial charge in [-0.15, -0.1) is 0 Å². The molecule has 5 atom stereocenters. The predicted octanol–water partition coefficient (Wildman–Crippen LogP) is -1.04. The van der Waals surface area contributed by atoms with E-state index in [4.69, 9.17) is 14.6 Å². The molecule has 4 N–H and O–H groups in total. The van der Waals surface area contributed by atoms with Gasteiger partial charge in [0.15, 0.2) is 6.10 Å². The third-order valence-corrected chi connectivity index (χ3v) is 2.81. The number of para-hydroxylation sites is 1. The second-order valence-corrected chi connectivity index (χ2v) is 4.17. The highest BCUT2D eigenvalue weighted by molar-refractivity contribution is 5.73. The van der Waals surface area contributed by atoms with Crippen LogP contribution in [0.3, 0.4) is 0 Å². The van der Waals surface area contributed by atoms with Gasteiger partial charge in [-0.3, -0.25) is 0 Å². The molecule has 0 radical (unpaired) electrons. The number of aliphatic hydroxyl groups is 3. The molecular weight excluding hydrogens is 256 g/mol. The number of aliphatic hydroxyl groups excluding tert-OH is 3. The van der Waals surface area contributed by atoms with E-state index in [2.05, 4.69) is 0 Å². The van der Waals surface area contributed by atoms with E-state index in [0.717, 1.165) is 0 Å². The Morgan fingerprint density at radius 3 is 2.26 bits per heavy atom. The lowest BCUT2D eigenvalue weighted by Crippen LogP contribution is -2.61. The molecule has 1 saturated heterocycles. The van der Waals surface area contributed by atoms with Crippen LogP contribution in [-0.2, 0) is 9.53 Å². The molecule has 1 aliphatic heterocycles. The van der Waals surface area contributed by atoms with Crippen LogP contribution in [0, 0.1) is 0 Å². The number of hydrogen-bond acceptors (Lipinski definition) is 6. The third-order valence-electron chi connectivity index (χ3n) is 2.81. The Kier molecular flexibility index (Phi) is 4.01. The minimum Gasteiger partial charge on any atom is -0.479 e. The highest BCUT2D eigenvalue weighted by Gasteiger charge is 2.48. The number of rotatable bonds is 3. The summed E-state index contributed by atoms with van der Waals surface area (Å²) < 4.78 is 10.2. The number of ether oxygens (including phenoxy) is 2. The minimum absolute atomic E-state index is 0.347. The fraction of sp³-hybridized carbons (Fsp3) is 0.417. The summed E-state index contributed by atoms with van der Waals surface area (Å²) in [7, 11) is 0. The van der Waals surface area contributed by atoms with Crippen molar-refractivity contribution in [1.29, 1.82) is 0 Å². The van der Waals surface area contributed by atoms with Gasteiger partial charge in [0, 0.05) is 0 Å². The fourth-order valence-corrected chi connectivity index (χ4v) is 1.78. The van der Waals surface area contributed by atoms with E-state index in [1.165, 1.54) is 0 Å². The minimum atomic E-state index is -1.72. The molecule has 0 bridgehead atoms. The van der Waals surface area contributed by atoms with Crippen molar-refractivity contribution in [3.8, 4) is 5.75 Å². The zero-order valence-electron chi connectivity index (χ0n) is 9.79. The average Bonchev–Trinajstić information content (AvgIpc) is 2.40. The summed E-state index contributed by atoms with van der Waals surface area (Å²) in [5.41, 5.74) is 0. The van der Waals surface area contributed by atoms with Crippen molar-refractivity contribution in [2.24, 2.45) is 0 Å². The highest BCUT2D eigenvalue weighted by Crippen LogP contribution is 2.24. The Labute approximate surface area is 108 Å². The Bertz CT molecular complexity index is 435. The maximum Gasteiger partial charge on any atom is 0.335 e. The molecule has 7 nitrogen and oxygen atoms in total. The summed E-state index contributed by atoms with van der Waals surface area (Å²) in [4.78, 5) is 10.9. The van der Waals surface area contributed by atoms with E-state index < -0.39 is 36.7 Å². The first-order valence-corrected chi connectivity index (χ1v) is 5.65. The number of benzene rings is 1. The van der Waals surface area contributed by atoms with E-state index in [1.807, 2.05) is 0 Å². The van der Waals surface area contributed by atoms with Crippen molar-refractivity contribution < 1.29 is 34.7 Å². The molecule has 2 rings (SSSR count). The summed E-state index contributed by atoms with van der Waals surface area (Å²) in [6.07, 6.45) is -7.97. The first-order valence-electron chi connectivity index (χ1n) is 5.65. The molecular formula is C12H14O7. The van der Waals surface area contributed by atoms with E-state index in [9.17, 15) is 20.1 Å². The lowest BCUT2D eigenvalue weighted by atomic mass is 9.99. The van der Waals surface area contributed by atoms with Crippen LogP contribution in [0.25, 0.3) is 0 Å². The van der Waals surface area contributed by atoms with Crippen LogP contribution < -0.4 is 4.74 Å². The quantitative estimate of drug-likeness (QED) is 0.554. The first-order chi connectivity index (χ1) is 9.00. The van der Waals surface area contributed by atoms with Crippen LogP contribution in [0.5, 0.6) is 5.75 Å². The Hall–Kier alpha value is -1.67. The Balaban J connectivity index is 2.13. The maximum absolute atomic E-state index is 10.9. The summed E-state index contributed by atoms with van der Waals surface area (Å²) in [5.74, 6) is -1.10. The number of carbonyl (C=O) groups is 1. The average molecular weight is 270 g/mol. The monoisotopic (exact) mass is 270 g/mol. The van der Waals surface area contributed by atoms with E-state index >= 15 is 0 Å². The lowest BCUT2D eigenvalue weighted by Gasteiger charge is -2.38. The largest absolute Gasteiger partial charge is 0.479 e. The van der Waals surface area contributed by atoms with Gasteiger partial charge in [0.1, 0.15) is 24.1 Å². The summed E-state index contributed by atoms with van der Waals surface area (Å²) in [6.45, 7) is 0. The van der Waals surface area contributed by atoms with E-state index in [1.54, 1.807) is 30.3 Å². The predicted molar refractivity (Wildman–Crippen MR) is 61.4 cm³/mol. The van der Waals surface area contributed by atoms with E-state index in [-0.39, 0.29) is 0 Å². The first kappa shape index (κ1) is 13.8. The van der Waals surface area contributed by atoms with Crippen LogP contribution in [0.2, 0.25) is 0 Å². The summed E-state index contributed by atoms with van der Waals surface area (Å²) in [6, 6.07) is 8.30. The van der Waals surface area contributed by atoms with Crippen LogP contribution in [0.4, 0.5) is 0 Å². The molecule has 0 spiro atoms.